The molecule has 3 atom stereocenters. The molecule has 1 saturated heterocycles. The lowest BCUT2D eigenvalue weighted by Gasteiger charge is -2.32. The number of nitrogens with zero attached hydrogens (tertiary/aromatic N) is 1. The Balaban J connectivity index is 1.51. The normalized spacial score (nSPS) is 24.0. The van der Waals surface area contributed by atoms with Gasteiger partial charge < -0.3 is 36.3 Å². The van der Waals surface area contributed by atoms with Gasteiger partial charge in [0.25, 0.3) is 0 Å². The van der Waals surface area contributed by atoms with Crippen molar-refractivity contribution < 1.29 is 28.4 Å². The molecule has 44 heavy (non-hydrogen) atoms. The quantitative estimate of drug-likeness (QED) is 0.347. The summed E-state index contributed by atoms with van der Waals surface area (Å²) in [5.41, 5.74) is 6.99. The van der Waals surface area contributed by atoms with Crippen molar-refractivity contribution >= 4 is 29.5 Å². The van der Waals surface area contributed by atoms with Crippen LogP contribution in [-0.2, 0) is 43.4 Å². The lowest BCUT2D eigenvalue weighted by Crippen LogP contribution is -2.49. The molecule has 0 spiro atoms. The number of nitrogens with two attached hydrogens (primary N) is 1. The number of hydrogen-bond donors (Lipinski definition) is 5. The minimum atomic E-state index is -0.888. The summed E-state index contributed by atoms with van der Waals surface area (Å²) in [6, 6.07) is 8.99. The molecule has 1 fully saturated rings. The highest BCUT2D eigenvalue weighted by atomic mass is 16.3. The van der Waals surface area contributed by atoms with Crippen molar-refractivity contribution in [2.45, 2.75) is 70.0 Å². The van der Waals surface area contributed by atoms with E-state index in [1.54, 1.807) is 35.4 Å². The first kappa shape index (κ1) is 32.3. The summed E-state index contributed by atoms with van der Waals surface area (Å²) in [4.78, 5) is 66.0. The van der Waals surface area contributed by atoms with Crippen LogP contribution >= 0.6 is 0 Å². The molecule has 0 aliphatic carbocycles. The highest BCUT2D eigenvalue weighted by Crippen LogP contribution is 2.20. The second-order valence-corrected chi connectivity index (χ2v) is 11.4. The number of nitrogens with one attached hydrogen (secondary N) is 4. The fourth-order valence-electron chi connectivity index (χ4n) is 5.59. The molecule has 12 heteroatoms. The van der Waals surface area contributed by atoms with Crippen LogP contribution in [0.5, 0.6) is 0 Å². The van der Waals surface area contributed by atoms with Gasteiger partial charge >= 0.3 is 0 Å². The molecule has 6 N–H and O–H groups in total. The first-order valence-electron chi connectivity index (χ1n) is 15.2. The molecule has 1 aromatic heterocycles. The van der Waals surface area contributed by atoms with Crippen LogP contribution in [0.15, 0.2) is 59.4 Å². The van der Waals surface area contributed by atoms with Crippen molar-refractivity contribution in [1.82, 2.24) is 26.2 Å². The summed E-state index contributed by atoms with van der Waals surface area (Å²) < 4.78 is 5.45. The number of carbonyl (C=O) groups is 5. The molecule has 2 aromatic rings. The number of hydrogen-bond acceptors (Lipinski definition) is 7. The number of furan rings is 1. The second-order valence-electron chi connectivity index (χ2n) is 11.4. The van der Waals surface area contributed by atoms with Crippen molar-refractivity contribution in [2.24, 2.45) is 11.7 Å². The van der Waals surface area contributed by atoms with Crippen molar-refractivity contribution in [3.63, 3.8) is 0 Å². The third kappa shape index (κ3) is 9.99. The monoisotopic (exact) mass is 606 g/mol. The standard InChI is InChI=1S/C32H42N6O6/c33-31(42)26-11-3-4-13-34-14-12-30(41)38-15-5-7-22(21-38)17-28(39)37-27(19-25-10-6-16-44-25)32(43)35-20-24-9-2-1-8-23(24)18-29(40)36-26/h1-2,6,8-10,12,14,16,22,26-27,34H,3-5,7,11,13,15,17-21H2,(H2,33,42)(H,35,43)(H,36,40)(H,37,39)/b14-12+/t22-,26+,27+/m1/s1. The van der Waals surface area contributed by atoms with Crippen LogP contribution < -0.4 is 27.0 Å². The maximum Gasteiger partial charge on any atom is 0.248 e. The number of benzene rings is 1. The minimum Gasteiger partial charge on any atom is -0.469 e. The van der Waals surface area contributed by atoms with E-state index in [1.807, 2.05) is 12.1 Å². The van der Waals surface area contributed by atoms with E-state index in [1.165, 1.54) is 12.3 Å². The van der Waals surface area contributed by atoms with Gasteiger partial charge in [0.1, 0.15) is 17.8 Å². The minimum absolute atomic E-state index is 0.00116. The molecule has 2 aliphatic rings. The smallest absolute Gasteiger partial charge is 0.248 e. The van der Waals surface area contributed by atoms with Gasteiger partial charge in [-0.15, -0.1) is 0 Å². The zero-order valence-corrected chi connectivity index (χ0v) is 24.9. The predicted octanol–water partition coefficient (Wildman–Crippen LogP) is 1.05. The van der Waals surface area contributed by atoms with Gasteiger partial charge in [0.15, 0.2) is 0 Å². The molecule has 3 heterocycles. The van der Waals surface area contributed by atoms with Gasteiger partial charge in [-0.3, -0.25) is 24.0 Å². The van der Waals surface area contributed by atoms with Crippen LogP contribution in [0.25, 0.3) is 0 Å². The van der Waals surface area contributed by atoms with Gasteiger partial charge in [0.05, 0.1) is 12.7 Å². The Labute approximate surface area is 257 Å². The molecule has 12 nitrogen and oxygen atoms in total. The van der Waals surface area contributed by atoms with Crippen molar-refractivity contribution in [2.75, 3.05) is 19.6 Å². The molecule has 0 saturated carbocycles. The summed E-state index contributed by atoms with van der Waals surface area (Å²) in [6.45, 7) is 1.80. The Morgan fingerprint density at radius 3 is 2.55 bits per heavy atom. The Morgan fingerprint density at radius 2 is 1.77 bits per heavy atom. The fourth-order valence-corrected chi connectivity index (χ4v) is 5.59. The van der Waals surface area contributed by atoms with E-state index in [9.17, 15) is 24.0 Å². The third-order valence-electron chi connectivity index (χ3n) is 7.95. The number of carbonyl (C=O) groups excluding carboxylic acids is 5. The maximum absolute atomic E-state index is 13.4. The maximum atomic E-state index is 13.4. The van der Waals surface area contributed by atoms with Crippen LogP contribution in [-0.4, -0.2) is 66.2 Å². The van der Waals surface area contributed by atoms with Crippen molar-refractivity contribution in [3.05, 3.63) is 71.8 Å². The zero-order chi connectivity index (χ0) is 31.3. The van der Waals surface area contributed by atoms with Gasteiger partial charge in [0.2, 0.25) is 29.5 Å². The van der Waals surface area contributed by atoms with Gasteiger partial charge in [-0.25, -0.2) is 0 Å². The average Bonchev–Trinajstić information content (AvgIpc) is 3.51. The molecule has 4 rings (SSSR count). The van der Waals surface area contributed by atoms with Gasteiger partial charge in [-0.05, 0) is 61.3 Å². The van der Waals surface area contributed by atoms with Crippen molar-refractivity contribution in [1.29, 1.82) is 0 Å². The second kappa shape index (κ2) is 16.3. The first-order chi connectivity index (χ1) is 21.3. The summed E-state index contributed by atoms with van der Waals surface area (Å²) in [7, 11) is 0. The van der Waals surface area contributed by atoms with E-state index in [2.05, 4.69) is 21.3 Å². The largest absolute Gasteiger partial charge is 0.469 e. The Kier molecular flexibility index (Phi) is 12.0. The molecular formula is C32H42N6O6. The summed E-state index contributed by atoms with van der Waals surface area (Å²) in [6.07, 6.45) is 8.30. The van der Waals surface area contributed by atoms with Gasteiger partial charge in [0, 0.05) is 51.3 Å². The van der Waals surface area contributed by atoms with Crippen LogP contribution in [0, 0.1) is 5.92 Å². The number of piperidine rings is 1. The summed E-state index contributed by atoms with van der Waals surface area (Å²) >= 11 is 0. The van der Waals surface area contributed by atoms with Gasteiger partial charge in [-0.2, -0.15) is 0 Å². The van der Waals surface area contributed by atoms with Crippen LogP contribution in [0.2, 0.25) is 0 Å². The highest BCUT2D eigenvalue weighted by Gasteiger charge is 2.28. The third-order valence-corrected chi connectivity index (χ3v) is 7.95. The molecule has 2 aliphatic heterocycles. The molecule has 0 unspecified atom stereocenters. The number of amides is 5. The van der Waals surface area contributed by atoms with Crippen LogP contribution in [0.1, 0.15) is 55.4 Å². The Bertz CT molecular complexity index is 1330. The Hall–Kier alpha value is -4.61. The van der Waals surface area contributed by atoms with E-state index in [-0.39, 0.29) is 49.4 Å². The topological polar surface area (TPSA) is 176 Å². The highest BCUT2D eigenvalue weighted by molar-refractivity contribution is 5.89. The molecule has 236 valence electrons. The van der Waals surface area contributed by atoms with E-state index in [0.29, 0.717) is 50.2 Å². The summed E-state index contributed by atoms with van der Waals surface area (Å²) in [5.74, 6) is -1.24. The molecule has 1 aromatic carbocycles. The van der Waals surface area contributed by atoms with E-state index < -0.39 is 23.9 Å². The molecular weight excluding hydrogens is 564 g/mol. The molecule has 5 amide bonds. The van der Waals surface area contributed by atoms with Crippen LogP contribution in [0.3, 0.4) is 0 Å². The predicted molar refractivity (Wildman–Crippen MR) is 162 cm³/mol. The lowest BCUT2D eigenvalue weighted by molar-refractivity contribution is -0.131. The van der Waals surface area contributed by atoms with E-state index >= 15 is 0 Å². The molecule has 2 bridgehead atoms. The van der Waals surface area contributed by atoms with Crippen molar-refractivity contribution in [3.8, 4) is 0 Å². The average molecular weight is 607 g/mol. The van der Waals surface area contributed by atoms with E-state index in [0.717, 1.165) is 18.4 Å². The molecule has 0 radical (unpaired) electrons. The number of fused-ring (bicyclic) bond motifs is 3. The lowest BCUT2D eigenvalue weighted by atomic mass is 9.94. The number of primary amides is 1. The van der Waals surface area contributed by atoms with Gasteiger partial charge in [-0.1, -0.05) is 24.3 Å². The Morgan fingerprint density at radius 1 is 0.955 bits per heavy atom. The fraction of sp³-hybridized carbons (Fsp3) is 0.469. The van der Waals surface area contributed by atoms with Crippen LogP contribution in [0.4, 0.5) is 0 Å². The van der Waals surface area contributed by atoms with E-state index in [4.69, 9.17) is 10.2 Å². The summed E-state index contributed by atoms with van der Waals surface area (Å²) in [5, 5.41) is 11.6. The zero-order valence-electron chi connectivity index (χ0n) is 24.9. The SMILES string of the molecule is NC(=O)[C@@H]1CCCCN/C=C/C(=O)N2CCC[C@H](CC(=O)N[C@@H](Cc3ccco3)C(=O)NCc3ccccc3CC(=O)N1)C2. The number of rotatable bonds is 3. The first-order valence-corrected chi connectivity index (χ1v) is 15.2.